The Hall–Kier alpha value is -2.11. The lowest BCUT2D eigenvalue weighted by molar-refractivity contribution is -0.140. The maximum absolute atomic E-state index is 12.2. The average molecular weight is 293 g/mol. The molecule has 1 rings (SSSR count). The smallest absolute Gasteiger partial charge is 0.326 e. The Morgan fingerprint density at radius 3 is 2.52 bits per heavy atom. The van der Waals surface area contributed by atoms with Crippen LogP contribution in [0.4, 0.5) is 4.79 Å². The van der Waals surface area contributed by atoms with E-state index in [0.717, 1.165) is 11.4 Å². The first-order chi connectivity index (χ1) is 9.85. The number of carboxylic acid groups (broad SMARTS) is 1. The maximum atomic E-state index is 12.2. The summed E-state index contributed by atoms with van der Waals surface area (Å²) in [5, 5.41) is 11.7. The van der Waals surface area contributed by atoms with E-state index in [9.17, 15) is 9.59 Å². The van der Waals surface area contributed by atoms with Gasteiger partial charge in [-0.3, -0.25) is 4.98 Å². The summed E-state index contributed by atoms with van der Waals surface area (Å²) in [5.41, 5.74) is 1.66. The molecule has 116 valence electrons. The van der Waals surface area contributed by atoms with Crippen molar-refractivity contribution in [1.82, 2.24) is 15.2 Å². The molecule has 2 amide bonds. The van der Waals surface area contributed by atoms with E-state index in [2.05, 4.69) is 10.3 Å². The van der Waals surface area contributed by atoms with Crippen molar-refractivity contribution in [3.05, 3.63) is 29.6 Å². The first-order valence-electron chi connectivity index (χ1n) is 7.06. The van der Waals surface area contributed by atoms with Crippen molar-refractivity contribution in [3.63, 3.8) is 0 Å². The minimum Gasteiger partial charge on any atom is -0.480 e. The SMILES string of the molecule is CCN(Cc1cccc(C)n1)C(=O)N[C@H](C(=O)O)C(C)C. The number of urea groups is 1. The van der Waals surface area contributed by atoms with Crippen molar-refractivity contribution in [2.24, 2.45) is 5.92 Å². The van der Waals surface area contributed by atoms with Crippen LogP contribution in [0, 0.1) is 12.8 Å². The Labute approximate surface area is 125 Å². The fourth-order valence-corrected chi connectivity index (χ4v) is 1.95. The molecular weight excluding hydrogens is 270 g/mol. The molecule has 0 aromatic carbocycles. The van der Waals surface area contributed by atoms with Crippen molar-refractivity contribution >= 4 is 12.0 Å². The summed E-state index contributed by atoms with van der Waals surface area (Å²) in [6, 6.07) is 4.34. The third-order valence-corrected chi connectivity index (χ3v) is 3.18. The summed E-state index contributed by atoms with van der Waals surface area (Å²) >= 11 is 0. The van der Waals surface area contributed by atoms with Gasteiger partial charge in [-0.25, -0.2) is 9.59 Å². The Bertz CT molecular complexity index is 503. The molecule has 2 N–H and O–H groups in total. The number of aromatic nitrogens is 1. The highest BCUT2D eigenvalue weighted by atomic mass is 16.4. The van der Waals surface area contributed by atoms with Gasteiger partial charge in [0.25, 0.3) is 0 Å². The number of aliphatic carboxylic acids is 1. The van der Waals surface area contributed by atoms with Crippen molar-refractivity contribution in [3.8, 4) is 0 Å². The molecule has 1 heterocycles. The number of nitrogens with one attached hydrogen (secondary N) is 1. The zero-order valence-corrected chi connectivity index (χ0v) is 13.0. The van der Waals surface area contributed by atoms with Gasteiger partial charge >= 0.3 is 12.0 Å². The number of hydrogen-bond donors (Lipinski definition) is 2. The van der Waals surface area contributed by atoms with Gasteiger partial charge in [-0.15, -0.1) is 0 Å². The van der Waals surface area contributed by atoms with E-state index < -0.39 is 12.0 Å². The molecule has 0 fully saturated rings. The lowest BCUT2D eigenvalue weighted by Crippen LogP contribution is -2.49. The molecule has 21 heavy (non-hydrogen) atoms. The second kappa shape index (κ2) is 7.61. The van der Waals surface area contributed by atoms with Crippen LogP contribution in [0.5, 0.6) is 0 Å². The topological polar surface area (TPSA) is 82.5 Å². The maximum Gasteiger partial charge on any atom is 0.326 e. The molecule has 0 saturated heterocycles. The van der Waals surface area contributed by atoms with Gasteiger partial charge < -0.3 is 15.3 Å². The van der Waals surface area contributed by atoms with E-state index in [4.69, 9.17) is 5.11 Å². The van der Waals surface area contributed by atoms with Crippen LogP contribution in [0.25, 0.3) is 0 Å². The van der Waals surface area contributed by atoms with E-state index in [-0.39, 0.29) is 11.9 Å². The van der Waals surface area contributed by atoms with Gasteiger partial charge in [0, 0.05) is 12.2 Å². The summed E-state index contributed by atoms with van der Waals surface area (Å²) in [4.78, 5) is 29.2. The summed E-state index contributed by atoms with van der Waals surface area (Å²) in [6.45, 7) is 8.09. The van der Waals surface area contributed by atoms with Crippen LogP contribution in [-0.2, 0) is 11.3 Å². The quantitative estimate of drug-likeness (QED) is 0.840. The second-order valence-electron chi connectivity index (χ2n) is 5.29. The van der Waals surface area contributed by atoms with Crippen LogP contribution in [0.2, 0.25) is 0 Å². The first-order valence-corrected chi connectivity index (χ1v) is 7.06. The van der Waals surface area contributed by atoms with E-state index in [1.54, 1.807) is 18.7 Å². The van der Waals surface area contributed by atoms with Gasteiger partial charge in [-0.1, -0.05) is 19.9 Å². The van der Waals surface area contributed by atoms with Crippen molar-refractivity contribution in [1.29, 1.82) is 0 Å². The van der Waals surface area contributed by atoms with Gasteiger partial charge in [-0.05, 0) is 31.9 Å². The Morgan fingerprint density at radius 1 is 1.38 bits per heavy atom. The number of rotatable bonds is 6. The zero-order chi connectivity index (χ0) is 16.0. The first kappa shape index (κ1) is 16.9. The third-order valence-electron chi connectivity index (χ3n) is 3.18. The Kier molecular flexibility index (Phi) is 6.14. The number of carboxylic acids is 1. The summed E-state index contributed by atoms with van der Waals surface area (Å²) in [6.07, 6.45) is 0. The molecule has 1 aromatic rings. The van der Waals surface area contributed by atoms with E-state index in [0.29, 0.717) is 13.1 Å². The molecule has 0 saturated carbocycles. The normalized spacial score (nSPS) is 12.0. The van der Waals surface area contributed by atoms with Crippen LogP contribution in [0.1, 0.15) is 32.2 Å². The van der Waals surface area contributed by atoms with Crippen molar-refractivity contribution in [2.45, 2.75) is 40.3 Å². The van der Waals surface area contributed by atoms with Crippen LogP contribution in [0.15, 0.2) is 18.2 Å². The average Bonchev–Trinajstić information content (AvgIpc) is 2.41. The molecule has 0 aliphatic heterocycles. The molecule has 0 spiro atoms. The summed E-state index contributed by atoms with van der Waals surface area (Å²) < 4.78 is 0. The molecule has 0 unspecified atom stereocenters. The molecule has 1 atom stereocenters. The Morgan fingerprint density at radius 2 is 2.05 bits per heavy atom. The molecule has 6 nitrogen and oxygen atoms in total. The fourth-order valence-electron chi connectivity index (χ4n) is 1.95. The molecule has 0 aliphatic carbocycles. The predicted octanol–water partition coefficient (Wildman–Crippen LogP) is 2.03. The van der Waals surface area contributed by atoms with Gasteiger partial charge in [-0.2, -0.15) is 0 Å². The van der Waals surface area contributed by atoms with Crippen LogP contribution < -0.4 is 5.32 Å². The zero-order valence-electron chi connectivity index (χ0n) is 13.0. The molecule has 0 bridgehead atoms. The van der Waals surface area contributed by atoms with Crippen molar-refractivity contribution < 1.29 is 14.7 Å². The van der Waals surface area contributed by atoms with E-state index in [1.807, 2.05) is 32.0 Å². The largest absolute Gasteiger partial charge is 0.480 e. The van der Waals surface area contributed by atoms with Gasteiger partial charge in [0.05, 0.1) is 12.2 Å². The van der Waals surface area contributed by atoms with Gasteiger partial charge in [0.15, 0.2) is 0 Å². The van der Waals surface area contributed by atoms with E-state index >= 15 is 0 Å². The monoisotopic (exact) mass is 293 g/mol. The molecule has 6 heteroatoms. The molecular formula is C15H23N3O3. The van der Waals surface area contributed by atoms with Gasteiger partial charge in [0.2, 0.25) is 0 Å². The summed E-state index contributed by atoms with van der Waals surface area (Å²) in [5.74, 6) is -1.20. The third kappa shape index (κ3) is 5.06. The number of pyridine rings is 1. The fraction of sp³-hybridized carbons (Fsp3) is 0.533. The number of carbonyl (C=O) groups is 2. The molecule has 0 aliphatic rings. The van der Waals surface area contributed by atoms with Crippen LogP contribution in [0.3, 0.4) is 0 Å². The number of hydrogen-bond acceptors (Lipinski definition) is 3. The van der Waals surface area contributed by atoms with E-state index in [1.165, 1.54) is 0 Å². The lowest BCUT2D eigenvalue weighted by Gasteiger charge is -2.25. The Balaban J connectivity index is 2.75. The number of nitrogens with zero attached hydrogens (tertiary/aromatic N) is 2. The number of amides is 2. The highest BCUT2D eigenvalue weighted by molar-refractivity contribution is 5.82. The number of aryl methyl sites for hydroxylation is 1. The highest BCUT2D eigenvalue weighted by Crippen LogP contribution is 2.06. The molecule has 1 aromatic heterocycles. The van der Waals surface area contributed by atoms with Gasteiger partial charge in [0.1, 0.15) is 6.04 Å². The number of carbonyl (C=O) groups excluding carboxylic acids is 1. The standard InChI is InChI=1S/C15H23N3O3/c1-5-18(9-12-8-6-7-11(4)16-12)15(21)17-13(10(2)3)14(19)20/h6-8,10,13H,5,9H2,1-4H3,(H,17,21)(H,19,20)/t13-/m0/s1. The second-order valence-corrected chi connectivity index (χ2v) is 5.29. The minimum absolute atomic E-state index is 0.178. The van der Waals surface area contributed by atoms with Crippen LogP contribution in [-0.4, -0.2) is 39.6 Å². The van der Waals surface area contributed by atoms with Crippen molar-refractivity contribution in [2.75, 3.05) is 6.54 Å². The lowest BCUT2D eigenvalue weighted by atomic mass is 10.1. The summed E-state index contributed by atoms with van der Waals surface area (Å²) in [7, 11) is 0. The molecule has 0 radical (unpaired) electrons. The minimum atomic E-state index is -1.02. The predicted molar refractivity (Wildman–Crippen MR) is 79.9 cm³/mol. The highest BCUT2D eigenvalue weighted by Gasteiger charge is 2.25. The van der Waals surface area contributed by atoms with Crippen LogP contribution >= 0.6 is 0 Å².